The van der Waals surface area contributed by atoms with Crippen molar-refractivity contribution in [2.45, 2.75) is 50.9 Å². The Hall–Kier alpha value is -1.02. The molecule has 0 aromatic rings. The molecule has 3 aliphatic heterocycles. The number of hydrogen-bond acceptors (Lipinski definition) is 2. The molecule has 1 N–H and O–H groups in total. The molecule has 0 aromatic carbocycles. The van der Waals surface area contributed by atoms with Gasteiger partial charge in [-0.25, -0.2) is 0 Å². The van der Waals surface area contributed by atoms with E-state index in [2.05, 4.69) is 24.9 Å². The molecule has 3 aliphatic rings. The third kappa shape index (κ3) is 1.44. The van der Waals surface area contributed by atoms with Crippen molar-refractivity contribution in [2.24, 2.45) is 0 Å². The zero-order valence-electron chi connectivity index (χ0n) is 9.83. The zero-order valence-corrected chi connectivity index (χ0v) is 9.83. The van der Waals surface area contributed by atoms with Gasteiger partial charge in [0.15, 0.2) is 0 Å². The maximum absolute atomic E-state index is 5.97. The van der Waals surface area contributed by atoms with Crippen molar-refractivity contribution in [3.63, 3.8) is 0 Å². The Kier molecular flexibility index (Phi) is 2.40. The van der Waals surface area contributed by atoms with E-state index in [-0.39, 0.29) is 0 Å². The highest BCUT2D eigenvalue weighted by molar-refractivity contribution is 5.48. The van der Waals surface area contributed by atoms with Crippen LogP contribution < -0.4 is 5.32 Å². The van der Waals surface area contributed by atoms with Crippen LogP contribution in [0.1, 0.15) is 32.6 Å². The number of hydrogen-bond donors (Lipinski definition) is 1. The fourth-order valence-electron chi connectivity index (χ4n) is 3.02. The van der Waals surface area contributed by atoms with Crippen LogP contribution in [0.5, 0.6) is 0 Å². The van der Waals surface area contributed by atoms with Crippen LogP contribution in [0.15, 0.2) is 35.6 Å². The largest absolute Gasteiger partial charge is 0.380 e. The average Bonchev–Trinajstić information content (AvgIpc) is 2.71. The number of ether oxygens (including phenoxy) is 1. The monoisotopic (exact) mass is 217 g/mol. The van der Waals surface area contributed by atoms with Gasteiger partial charge in [0.25, 0.3) is 0 Å². The van der Waals surface area contributed by atoms with Crippen molar-refractivity contribution in [1.29, 1.82) is 0 Å². The number of rotatable bonds is 2. The van der Waals surface area contributed by atoms with Crippen LogP contribution in [-0.4, -0.2) is 18.2 Å². The van der Waals surface area contributed by atoms with Crippen molar-refractivity contribution in [3.8, 4) is 0 Å². The maximum Gasteiger partial charge on any atom is 0.0977 e. The molecule has 0 saturated carbocycles. The summed E-state index contributed by atoms with van der Waals surface area (Å²) in [5.74, 6) is 0. The third-order valence-corrected chi connectivity index (χ3v) is 3.92. The van der Waals surface area contributed by atoms with Crippen molar-refractivity contribution < 1.29 is 4.74 Å². The van der Waals surface area contributed by atoms with Crippen LogP contribution in [0, 0.1) is 0 Å². The SMILES string of the molecule is C=CC1=CC(CC)NC2=C1CC1CCC2O1. The van der Waals surface area contributed by atoms with E-state index >= 15 is 0 Å². The first-order valence-electron chi connectivity index (χ1n) is 6.31. The molecule has 0 aromatic heterocycles. The number of dihydropyridines is 1. The second-order valence-electron chi connectivity index (χ2n) is 4.91. The summed E-state index contributed by atoms with van der Waals surface area (Å²) in [6, 6.07) is 0.451. The van der Waals surface area contributed by atoms with Crippen molar-refractivity contribution in [2.75, 3.05) is 0 Å². The molecule has 2 heteroatoms. The molecule has 3 rings (SSSR count). The number of allylic oxidation sites excluding steroid dienone is 2. The van der Waals surface area contributed by atoms with Crippen LogP contribution in [0.4, 0.5) is 0 Å². The van der Waals surface area contributed by atoms with Crippen LogP contribution in [-0.2, 0) is 4.74 Å². The highest BCUT2D eigenvalue weighted by atomic mass is 16.5. The summed E-state index contributed by atoms with van der Waals surface area (Å²) < 4.78 is 5.97. The van der Waals surface area contributed by atoms with E-state index in [0.29, 0.717) is 18.2 Å². The van der Waals surface area contributed by atoms with Gasteiger partial charge < -0.3 is 10.1 Å². The molecule has 3 heterocycles. The summed E-state index contributed by atoms with van der Waals surface area (Å²) in [7, 11) is 0. The summed E-state index contributed by atoms with van der Waals surface area (Å²) in [6.45, 7) is 6.15. The smallest absolute Gasteiger partial charge is 0.0977 e. The summed E-state index contributed by atoms with van der Waals surface area (Å²) in [5.41, 5.74) is 4.14. The van der Waals surface area contributed by atoms with Gasteiger partial charge in [0.2, 0.25) is 0 Å². The molecular formula is C14H19NO. The standard InChI is InChI=1S/C14H19NO/c1-3-9-7-10(4-2)15-14-12(9)8-11-5-6-13(14)16-11/h3,7,10-11,13,15H,1,4-6,8H2,2H3. The van der Waals surface area contributed by atoms with Crippen LogP contribution in [0.2, 0.25) is 0 Å². The predicted octanol–water partition coefficient (Wildman–Crippen LogP) is 2.69. The van der Waals surface area contributed by atoms with E-state index in [4.69, 9.17) is 4.74 Å². The summed E-state index contributed by atoms with van der Waals surface area (Å²) in [6.07, 6.45) is 9.66. The van der Waals surface area contributed by atoms with Gasteiger partial charge in [0.05, 0.1) is 12.2 Å². The minimum Gasteiger partial charge on any atom is -0.380 e. The molecular weight excluding hydrogens is 198 g/mol. The Bertz CT molecular complexity index is 380. The maximum atomic E-state index is 5.97. The minimum absolute atomic E-state index is 0.325. The van der Waals surface area contributed by atoms with Crippen molar-refractivity contribution in [1.82, 2.24) is 5.32 Å². The minimum atomic E-state index is 0.325. The zero-order chi connectivity index (χ0) is 11.1. The molecule has 1 fully saturated rings. The van der Waals surface area contributed by atoms with Crippen LogP contribution in [0.3, 0.4) is 0 Å². The molecule has 3 unspecified atom stereocenters. The average molecular weight is 217 g/mol. The van der Waals surface area contributed by atoms with E-state index < -0.39 is 0 Å². The van der Waals surface area contributed by atoms with Gasteiger partial charge in [0.1, 0.15) is 0 Å². The summed E-state index contributed by atoms with van der Waals surface area (Å²) in [4.78, 5) is 0. The fraction of sp³-hybridized carbons (Fsp3) is 0.571. The molecule has 2 nitrogen and oxygen atoms in total. The topological polar surface area (TPSA) is 21.3 Å². The van der Waals surface area contributed by atoms with E-state index in [1.807, 2.05) is 6.08 Å². The van der Waals surface area contributed by atoms with E-state index in [0.717, 1.165) is 12.8 Å². The Morgan fingerprint density at radius 2 is 2.44 bits per heavy atom. The normalized spacial score (nSPS) is 36.6. The fourth-order valence-corrected chi connectivity index (χ4v) is 3.02. The molecule has 16 heavy (non-hydrogen) atoms. The van der Waals surface area contributed by atoms with Gasteiger partial charge in [-0.05, 0) is 30.4 Å². The van der Waals surface area contributed by atoms with Gasteiger partial charge in [0, 0.05) is 18.2 Å². The molecule has 1 saturated heterocycles. The van der Waals surface area contributed by atoms with E-state index in [1.54, 1.807) is 0 Å². The Balaban J connectivity index is 1.99. The lowest BCUT2D eigenvalue weighted by molar-refractivity contribution is 0.0479. The van der Waals surface area contributed by atoms with E-state index in [1.165, 1.54) is 29.7 Å². The van der Waals surface area contributed by atoms with Crippen LogP contribution in [0.25, 0.3) is 0 Å². The number of nitrogens with one attached hydrogen (secondary N) is 1. The molecule has 86 valence electrons. The van der Waals surface area contributed by atoms with Gasteiger partial charge >= 0.3 is 0 Å². The predicted molar refractivity (Wildman–Crippen MR) is 65.0 cm³/mol. The second-order valence-corrected chi connectivity index (χ2v) is 4.91. The Labute approximate surface area is 97.1 Å². The molecule has 0 radical (unpaired) electrons. The highest BCUT2D eigenvalue weighted by Crippen LogP contribution is 2.40. The first-order valence-corrected chi connectivity index (χ1v) is 6.31. The van der Waals surface area contributed by atoms with E-state index in [9.17, 15) is 0 Å². The Morgan fingerprint density at radius 1 is 1.56 bits per heavy atom. The molecule has 0 amide bonds. The lowest BCUT2D eigenvalue weighted by Gasteiger charge is -2.34. The van der Waals surface area contributed by atoms with Crippen molar-refractivity contribution >= 4 is 0 Å². The molecule has 3 atom stereocenters. The quantitative estimate of drug-likeness (QED) is 0.768. The first-order chi connectivity index (χ1) is 7.81. The lowest BCUT2D eigenvalue weighted by atomic mass is 9.90. The second kappa shape index (κ2) is 3.77. The summed E-state index contributed by atoms with van der Waals surface area (Å²) >= 11 is 0. The van der Waals surface area contributed by atoms with Gasteiger partial charge in [-0.1, -0.05) is 25.7 Å². The Morgan fingerprint density at radius 3 is 3.19 bits per heavy atom. The van der Waals surface area contributed by atoms with Gasteiger partial charge in [-0.15, -0.1) is 0 Å². The van der Waals surface area contributed by atoms with Gasteiger partial charge in [-0.2, -0.15) is 0 Å². The highest BCUT2D eigenvalue weighted by Gasteiger charge is 2.38. The summed E-state index contributed by atoms with van der Waals surface area (Å²) in [5, 5.41) is 3.63. The third-order valence-electron chi connectivity index (χ3n) is 3.92. The molecule has 0 spiro atoms. The van der Waals surface area contributed by atoms with Crippen LogP contribution >= 0.6 is 0 Å². The molecule has 2 bridgehead atoms. The van der Waals surface area contributed by atoms with Crippen molar-refractivity contribution in [3.05, 3.63) is 35.6 Å². The van der Waals surface area contributed by atoms with Gasteiger partial charge in [-0.3, -0.25) is 0 Å². The first kappa shape index (κ1) is 10.2. The number of fused-ring (bicyclic) bond motifs is 3. The lowest BCUT2D eigenvalue weighted by Crippen LogP contribution is -2.39. The molecule has 0 aliphatic carbocycles.